The minimum absolute atomic E-state index is 0.219. The summed E-state index contributed by atoms with van der Waals surface area (Å²) in [5.41, 5.74) is 3.20. The first-order valence-electron chi connectivity index (χ1n) is 8.68. The molecule has 0 unspecified atom stereocenters. The van der Waals surface area contributed by atoms with Crippen molar-refractivity contribution in [3.63, 3.8) is 0 Å². The fourth-order valence-electron chi connectivity index (χ4n) is 5.28. The number of methoxy groups -OCH3 is 1. The lowest BCUT2D eigenvalue weighted by Crippen LogP contribution is -2.65. The SMILES string of the molecule is COc1ccc2c(c1)[C@@]13CCN(C(C)=O)C[C@H]1[C@@H](C2)N(C)CC3. The lowest BCUT2D eigenvalue weighted by molar-refractivity contribution is -0.134. The number of nitrogens with zero attached hydrogens (tertiary/aromatic N) is 2. The van der Waals surface area contributed by atoms with Gasteiger partial charge in [-0.15, -0.1) is 0 Å². The Hall–Kier alpha value is -1.55. The molecular formula is C19H26N2O2. The zero-order valence-corrected chi connectivity index (χ0v) is 14.3. The van der Waals surface area contributed by atoms with Crippen LogP contribution in [0.15, 0.2) is 18.2 Å². The number of carbonyl (C=O) groups is 1. The average Bonchev–Trinajstić information content (AvgIpc) is 2.57. The summed E-state index contributed by atoms with van der Waals surface area (Å²) >= 11 is 0. The highest BCUT2D eigenvalue weighted by atomic mass is 16.5. The van der Waals surface area contributed by atoms with Gasteiger partial charge in [0.2, 0.25) is 5.91 Å². The first-order chi connectivity index (χ1) is 11.0. The van der Waals surface area contributed by atoms with Gasteiger partial charge in [-0.3, -0.25) is 4.79 Å². The third-order valence-corrected chi connectivity index (χ3v) is 6.62. The number of carbonyl (C=O) groups excluding carboxylic acids is 1. The molecule has 4 rings (SSSR count). The Morgan fingerprint density at radius 3 is 2.83 bits per heavy atom. The second-order valence-electron chi connectivity index (χ2n) is 7.50. The van der Waals surface area contributed by atoms with E-state index in [1.165, 1.54) is 17.5 Å². The summed E-state index contributed by atoms with van der Waals surface area (Å²) in [7, 11) is 3.99. The number of likely N-dealkylation sites (tertiary alicyclic amines) is 2. The van der Waals surface area contributed by atoms with Gasteiger partial charge in [-0.05, 0) is 56.1 Å². The smallest absolute Gasteiger partial charge is 0.219 e. The molecule has 2 bridgehead atoms. The molecule has 1 aromatic rings. The molecule has 1 amide bonds. The van der Waals surface area contributed by atoms with Gasteiger partial charge in [0.25, 0.3) is 0 Å². The Morgan fingerprint density at radius 2 is 2.09 bits per heavy atom. The number of amides is 1. The molecule has 0 aromatic heterocycles. The van der Waals surface area contributed by atoms with Gasteiger partial charge in [0.15, 0.2) is 0 Å². The van der Waals surface area contributed by atoms with Gasteiger partial charge in [-0.1, -0.05) is 6.07 Å². The van der Waals surface area contributed by atoms with E-state index >= 15 is 0 Å². The Morgan fingerprint density at radius 1 is 1.30 bits per heavy atom. The number of hydrogen-bond acceptors (Lipinski definition) is 3. The second-order valence-corrected chi connectivity index (χ2v) is 7.50. The second kappa shape index (κ2) is 5.23. The molecule has 1 aliphatic carbocycles. The van der Waals surface area contributed by atoms with Crippen molar-refractivity contribution in [2.24, 2.45) is 5.92 Å². The molecule has 0 saturated carbocycles. The van der Waals surface area contributed by atoms with E-state index in [4.69, 9.17) is 4.74 Å². The number of hydrogen-bond donors (Lipinski definition) is 0. The molecule has 2 heterocycles. The predicted octanol–water partition coefficient (Wildman–Crippen LogP) is 2.06. The van der Waals surface area contributed by atoms with Crippen LogP contribution in [0, 0.1) is 5.92 Å². The quantitative estimate of drug-likeness (QED) is 0.795. The van der Waals surface area contributed by atoms with Gasteiger partial charge in [0.05, 0.1) is 7.11 Å². The van der Waals surface area contributed by atoms with Crippen molar-refractivity contribution < 1.29 is 9.53 Å². The summed E-state index contributed by atoms with van der Waals surface area (Å²) in [4.78, 5) is 16.5. The monoisotopic (exact) mass is 314 g/mol. The van der Waals surface area contributed by atoms with Gasteiger partial charge < -0.3 is 14.5 Å². The Balaban J connectivity index is 1.81. The van der Waals surface area contributed by atoms with Crippen molar-refractivity contribution in [2.75, 3.05) is 33.8 Å². The standard InChI is InChI=1S/C19H26N2O2/c1-13(22)21-9-7-19-6-8-20(2)18(17(19)12-21)10-14-4-5-15(23-3)11-16(14)19/h4-5,11,17-18H,6-10,12H2,1-3H3/t17-,18+,19+/m0/s1. The predicted molar refractivity (Wildman–Crippen MR) is 89.8 cm³/mol. The molecule has 0 radical (unpaired) electrons. The van der Waals surface area contributed by atoms with Crippen LogP contribution in [0.3, 0.4) is 0 Å². The molecule has 124 valence electrons. The maximum absolute atomic E-state index is 11.9. The van der Waals surface area contributed by atoms with Crippen LogP contribution in [0.5, 0.6) is 5.75 Å². The Kier molecular flexibility index (Phi) is 3.41. The summed E-state index contributed by atoms with van der Waals surface area (Å²) < 4.78 is 5.50. The summed E-state index contributed by atoms with van der Waals surface area (Å²) in [6.45, 7) is 4.65. The van der Waals surface area contributed by atoms with E-state index in [-0.39, 0.29) is 11.3 Å². The topological polar surface area (TPSA) is 32.8 Å². The third kappa shape index (κ3) is 2.11. The third-order valence-electron chi connectivity index (χ3n) is 6.62. The lowest BCUT2D eigenvalue weighted by atomic mass is 9.54. The Bertz CT molecular complexity index is 644. The van der Waals surface area contributed by atoms with E-state index in [1.807, 2.05) is 0 Å². The van der Waals surface area contributed by atoms with Crippen molar-refractivity contribution in [3.05, 3.63) is 29.3 Å². The number of ether oxygens (including phenoxy) is 1. The van der Waals surface area contributed by atoms with E-state index in [1.54, 1.807) is 14.0 Å². The zero-order chi connectivity index (χ0) is 16.2. The van der Waals surface area contributed by atoms with E-state index < -0.39 is 0 Å². The van der Waals surface area contributed by atoms with Crippen molar-refractivity contribution in [1.29, 1.82) is 0 Å². The average molecular weight is 314 g/mol. The van der Waals surface area contributed by atoms with Gasteiger partial charge in [0, 0.05) is 37.4 Å². The van der Waals surface area contributed by atoms with E-state index in [9.17, 15) is 4.79 Å². The number of rotatable bonds is 1. The molecule has 4 nitrogen and oxygen atoms in total. The molecule has 2 aliphatic heterocycles. The fourth-order valence-corrected chi connectivity index (χ4v) is 5.28. The molecule has 3 aliphatic rings. The minimum atomic E-state index is 0.219. The molecule has 0 N–H and O–H groups in total. The van der Waals surface area contributed by atoms with Crippen molar-refractivity contribution >= 4 is 5.91 Å². The molecule has 2 fully saturated rings. The summed E-state index contributed by atoms with van der Waals surface area (Å²) in [5, 5.41) is 0. The van der Waals surface area contributed by atoms with Crippen LogP contribution in [0.25, 0.3) is 0 Å². The van der Waals surface area contributed by atoms with Crippen molar-refractivity contribution in [1.82, 2.24) is 9.80 Å². The molecule has 1 aromatic carbocycles. The maximum Gasteiger partial charge on any atom is 0.219 e. The summed E-state index contributed by atoms with van der Waals surface area (Å²) in [6, 6.07) is 7.17. The van der Waals surface area contributed by atoms with Gasteiger partial charge in [0.1, 0.15) is 5.75 Å². The molecular weight excluding hydrogens is 288 g/mol. The van der Waals surface area contributed by atoms with Crippen LogP contribution >= 0.6 is 0 Å². The highest BCUT2D eigenvalue weighted by Crippen LogP contribution is 2.53. The maximum atomic E-state index is 11.9. The normalized spacial score (nSPS) is 32.9. The Labute approximate surface area is 138 Å². The van der Waals surface area contributed by atoms with Crippen molar-refractivity contribution in [3.8, 4) is 5.75 Å². The van der Waals surface area contributed by atoms with Crippen LogP contribution in [-0.4, -0.2) is 55.5 Å². The minimum Gasteiger partial charge on any atom is -0.497 e. The van der Waals surface area contributed by atoms with E-state index in [0.717, 1.165) is 38.2 Å². The van der Waals surface area contributed by atoms with E-state index in [0.29, 0.717) is 12.0 Å². The van der Waals surface area contributed by atoms with E-state index in [2.05, 4.69) is 35.0 Å². The van der Waals surface area contributed by atoms with Gasteiger partial charge >= 0.3 is 0 Å². The molecule has 2 saturated heterocycles. The first-order valence-corrected chi connectivity index (χ1v) is 8.68. The van der Waals surface area contributed by atoms with Gasteiger partial charge in [-0.25, -0.2) is 0 Å². The highest BCUT2D eigenvalue weighted by Gasteiger charge is 2.54. The molecule has 23 heavy (non-hydrogen) atoms. The van der Waals surface area contributed by atoms with Crippen LogP contribution in [-0.2, 0) is 16.6 Å². The number of benzene rings is 1. The molecule has 4 heteroatoms. The number of piperidine rings is 2. The number of likely N-dealkylation sites (N-methyl/N-ethyl adjacent to an activating group) is 1. The molecule has 3 atom stereocenters. The van der Waals surface area contributed by atoms with Crippen LogP contribution in [0.4, 0.5) is 0 Å². The van der Waals surface area contributed by atoms with Crippen LogP contribution < -0.4 is 4.74 Å². The van der Waals surface area contributed by atoms with Gasteiger partial charge in [-0.2, -0.15) is 0 Å². The zero-order valence-electron chi connectivity index (χ0n) is 14.3. The molecule has 0 spiro atoms. The number of fused-ring (bicyclic) bond motifs is 1. The van der Waals surface area contributed by atoms with Crippen LogP contribution in [0.1, 0.15) is 30.9 Å². The van der Waals surface area contributed by atoms with Crippen LogP contribution in [0.2, 0.25) is 0 Å². The lowest BCUT2D eigenvalue weighted by Gasteiger charge is -2.60. The largest absolute Gasteiger partial charge is 0.497 e. The first kappa shape index (κ1) is 15.0. The van der Waals surface area contributed by atoms with Crippen molar-refractivity contribution in [2.45, 2.75) is 37.6 Å². The summed E-state index contributed by atoms with van der Waals surface area (Å²) in [6.07, 6.45) is 3.37. The summed E-state index contributed by atoms with van der Waals surface area (Å²) in [5.74, 6) is 1.72. The fraction of sp³-hybridized carbons (Fsp3) is 0.632. The highest BCUT2D eigenvalue weighted by molar-refractivity contribution is 5.73.